The van der Waals surface area contributed by atoms with Gasteiger partial charge in [0.25, 0.3) is 0 Å². The fraction of sp³-hybridized carbons (Fsp3) is 0.650. The van der Waals surface area contributed by atoms with Gasteiger partial charge in [0.2, 0.25) is 10.0 Å². The molecule has 27 heavy (non-hydrogen) atoms. The van der Waals surface area contributed by atoms with E-state index in [4.69, 9.17) is 0 Å². The Hall–Kier alpha value is -1.60. The third-order valence-corrected chi connectivity index (χ3v) is 6.92. The Bertz CT molecular complexity index is 746. The van der Waals surface area contributed by atoms with Gasteiger partial charge >= 0.3 is 6.03 Å². The Labute approximate surface area is 163 Å². The molecule has 6 nitrogen and oxygen atoms in total. The van der Waals surface area contributed by atoms with Crippen molar-refractivity contribution in [3.63, 3.8) is 0 Å². The van der Waals surface area contributed by atoms with Crippen LogP contribution in [0.25, 0.3) is 0 Å². The number of sulfonamides is 1. The predicted octanol–water partition coefficient (Wildman–Crippen LogP) is 3.87. The largest absolute Gasteiger partial charge is 0.332 e. The molecule has 2 N–H and O–H groups in total. The van der Waals surface area contributed by atoms with Gasteiger partial charge in [0.15, 0.2) is 0 Å². The number of amides is 2. The number of benzene rings is 1. The summed E-state index contributed by atoms with van der Waals surface area (Å²) < 4.78 is 27.5. The van der Waals surface area contributed by atoms with Gasteiger partial charge in [-0.3, -0.25) is 4.90 Å². The Morgan fingerprint density at radius 2 is 1.63 bits per heavy atom. The lowest BCUT2D eigenvalue weighted by Crippen LogP contribution is -2.42. The summed E-state index contributed by atoms with van der Waals surface area (Å²) in [6, 6.07) is 5.53. The van der Waals surface area contributed by atoms with Crippen molar-refractivity contribution in [3.05, 3.63) is 29.3 Å². The van der Waals surface area contributed by atoms with Crippen LogP contribution in [0.2, 0.25) is 0 Å². The van der Waals surface area contributed by atoms with Crippen LogP contribution < -0.4 is 10.0 Å². The van der Waals surface area contributed by atoms with E-state index in [1.165, 1.54) is 0 Å². The molecule has 7 heteroatoms. The van der Waals surface area contributed by atoms with Gasteiger partial charge in [-0.15, -0.1) is 0 Å². The monoisotopic (exact) mass is 395 g/mol. The van der Waals surface area contributed by atoms with Gasteiger partial charge in [-0.2, -0.15) is 0 Å². The second kappa shape index (κ2) is 8.61. The highest BCUT2D eigenvalue weighted by Crippen LogP contribution is 2.32. The zero-order chi connectivity index (χ0) is 20.4. The number of nitrogens with zero attached hydrogens (tertiary/aromatic N) is 1. The van der Waals surface area contributed by atoms with Gasteiger partial charge in [0.05, 0.1) is 5.25 Å². The van der Waals surface area contributed by atoms with Crippen molar-refractivity contribution in [1.29, 1.82) is 0 Å². The van der Waals surface area contributed by atoms with Crippen molar-refractivity contribution < 1.29 is 13.2 Å². The van der Waals surface area contributed by atoms with E-state index in [1.807, 2.05) is 32.0 Å². The number of anilines is 1. The summed E-state index contributed by atoms with van der Waals surface area (Å²) in [6.07, 6.45) is 0.542. The number of para-hydroxylation sites is 1. The number of hydrogen-bond donors (Lipinski definition) is 2. The van der Waals surface area contributed by atoms with Crippen molar-refractivity contribution in [2.24, 2.45) is 0 Å². The molecule has 0 radical (unpaired) electrons. The van der Waals surface area contributed by atoms with E-state index < -0.39 is 21.3 Å². The molecule has 152 valence electrons. The Morgan fingerprint density at radius 1 is 1.07 bits per heavy atom. The number of nitrogens with one attached hydrogen (secondary N) is 2. The number of carbonyl (C=O) groups excluding carboxylic acids is 1. The van der Waals surface area contributed by atoms with Gasteiger partial charge < -0.3 is 5.32 Å². The molecule has 1 heterocycles. The maximum atomic E-state index is 12.6. The summed E-state index contributed by atoms with van der Waals surface area (Å²) in [5.74, 6) is 0.426. The minimum absolute atomic E-state index is 0.213. The first kappa shape index (κ1) is 21.7. The van der Waals surface area contributed by atoms with Crippen LogP contribution in [-0.2, 0) is 10.0 Å². The first-order valence-electron chi connectivity index (χ1n) is 9.72. The molecular formula is C20H33N3O3S. The zero-order valence-corrected chi connectivity index (χ0v) is 18.1. The lowest BCUT2D eigenvalue weighted by Gasteiger charge is -2.22. The van der Waals surface area contributed by atoms with Crippen LogP contribution in [-0.4, -0.2) is 43.7 Å². The fourth-order valence-electron chi connectivity index (χ4n) is 3.52. The molecule has 0 saturated carbocycles. The van der Waals surface area contributed by atoms with Crippen molar-refractivity contribution in [2.75, 3.05) is 18.4 Å². The van der Waals surface area contributed by atoms with Crippen LogP contribution in [0.1, 0.15) is 70.9 Å². The highest BCUT2D eigenvalue weighted by molar-refractivity contribution is 7.90. The fourth-order valence-corrected chi connectivity index (χ4v) is 4.80. The highest BCUT2D eigenvalue weighted by Gasteiger charge is 2.35. The van der Waals surface area contributed by atoms with Crippen molar-refractivity contribution in [1.82, 2.24) is 9.62 Å². The van der Waals surface area contributed by atoms with E-state index in [0.717, 1.165) is 17.7 Å². The van der Waals surface area contributed by atoms with E-state index in [2.05, 4.69) is 42.6 Å². The first-order chi connectivity index (χ1) is 12.5. The van der Waals surface area contributed by atoms with Crippen molar-refractivity contribution in [3.8, 4) is 0 Å². The van der Waals surface area contributed by atoms with Gasteiger partial charge in [-0.05, 0) is 49.8 Å². The van der Waals surface area contributed by atoms with Crippen LogP contribution in [0.4, 0.5) is 10.5 Å². The molecule has 0 aromatic heterocycles. The Balaban J connectivity index is 2.16. The van der Waals surface area contributed by atoms with E-state index in [0.29, 0.717) is 24.7 Å². The summed E-state index contributed by atoms with van der Waals surface area (Å²) in [4.78, 5) is 14.7. The Kier molecular flexibility index (Phi) is 6.92. The van der Waals surface area contributed by atoms with Crippen LogP contribution in [0, 0.1) is 0 Å². The zero-order valence-electron chi connectivity index (χ0n) is 17.2. The molecule has 0 aliphatic carbocycles. The third-order valence-electron chi connectivity index (χ3n) is 5.19. The summed E-state index contributed by atoms with van der Waals surface area (Å²) >= 11 is 0. The van der Waals surface area contributed by atoms with E-state index >= 15 is 0 Å². The summed E-state index contributed by atoms with van der Waals surface area (Å²) in [6.45, 7) is 13.5. The SMILES string of the molecule is CC(C)c1cccc(C(C)C)c1NC(=O)NS(=O)(=O)C1CCN(C(C)C)C1. The lowest BCUT2D eigenvalue weighted by atomic mass is 9.93. The van der Waals surface area contributed by atoms with Crippen molar-refractivity contribution >= 4 is 21.7 Å². The van der Waals surface area contributed by atoms with Gasteiger partial charge in [-0.1, -0.05) is 45.9 Å². The van der Waals surface area contributed by atoms with Crippen molar-refractivity contribution in [2.45, 2.75) is 71.1 Å². The lowest BCUT2D eigenvalue weighted by molar-refractivity contribution is 0.256. The molecule has 2 rings (SSSR count). The molecular weight excluding hydrogens is 362 g/mol. The third kappa shape index (κ3) is 5.23. The molecule has 1 fully saturated rings. The molecule has 1 atom stereocenters. The van der Waals surface area contributed by atoms with Crippen LogP contribution in [0.15, 0.2) is 18.2 Å². The average Bonchev–Trinajstić information content (AvgIpc) is 3.05. The quantitative estimate of drug-likeness (QED) is 0.766. The standard InChI is InChI=1S/C20H33N3O3S/c1-13(2)17-8-7-9-18(14(3)4)19(17)21-20(24)22-27(25,26)16-10-11-23(12-16)15(5)6/h7-9,13-16H,10-12H2,1-6H3,(H2,21,22,24). The minimum Gasteiger partial charge on any atom is -0.307 e. The van der Waals surface area contributed by atoms with Crippen LogP contribution in [0.5, 0.6) is 0 Å². The number of likely N-dealkylation sites (tertiary alicyclic amines) is 1. The number of rotatable bonds is 6. The van der Waals surface area contributed by atoms with E-state index in [1.54, 1.807) is 0 Å². The van der Waals surface area contributed by atoms with E-state index in [-0.39, 0.29) is 11.8 Å². The summed E-state index contributed by atoms with van der Waals surface area (Å²) in [7, 11) is -3.72. The number of carbonyl (C=O) groups is 1. The molecule has 0 bridgehead atoms. The Morgan fingerprint density at radius 3 is 2.07 bits per heavy atom. The maximum absolute atomic E-state index is 12.6. The first-order valence-corrected chi connectivity index (χ1v) is 11.3. The molecule has 1 unspecified atom stereocenters. The van der Waals surface area contributed by atoms with Gasteiger partial charge in [0.1, 0.15) is 0 Å². The topological polar surface area (TPSA) is 78.5 Å². The smallest absolute Gasteiger partial charge is 0.307 e. The van der Waals surface area contributed by atoms with Crippen LogP contribution >= 0.6 is 0 Å². The molecule has 1 saturated heterocycles. The molecule has 0 spiro atoms. The van der Waals surface area contributed by atoms with Gasteiger partial charge in [0, 0.05) is 18.3 Å². The van der Waals surface area contributed by atoms with E-state index in [9.17, 15) is 13.2 Å². The number of urea groups is 1. The predicted molar refractivity (Wildman–Crippen MR) is 111 cm³/mol. The number of hydrogen-bond acceptors (Lipinski definition) is 4. The molecule has 1 aliphatic rings. The normalized spacial score (nSPS) is 18.5. The molecule has 2 amide bonds. The van der Waals surface area contributed by atoms with Crippen LogP contribution in [0.3, 0.4) is 0 Å². The highest BCUT2D eigenvalue weighted by atomic mass is 32.2. The average molecular weight is 396 g/mol. The van der Waals surface area contributed by atoms with Gasteiger partial charge in [-0.25, -0.2) is 17.9 Å². The summed E-state index contributed by atoms with van der Waals surface area (Å²) in [5.41, 5.74) is 2.71. The maximum Gasteiger partial charge on any atom is 0.332 e. The molecule has 1 aromatic rings. The summed E-state index contributed by atoms with van der Waals surface area (Å²) in [5, 5.41) is 2.25. The minimum atomic E-state index is -3.72. The second-order valence-electron chi connectivity index (χ2n) is 8.22. The second-order valence-corrected chi connectivity index (χ2v) is 10.2. The molecule has 1 aliphatic heterocycles. The molecule has 1 aromatic carbocycles.